The first-order chi connectivity index (χ1) is 21.6. The summed E-state index contributed by atoms with van der Waals surface area (Å²) in [6.07, 6.45) is 45.3. The molecule has 0 heterocycles. The molecule has 0 bridgehead atoms. The fourth-order valence-electron chi connectivity index (χ4n) is 4.35. The SMILES string of the molecule is CCC=CCC=CCC=CCC=CCC=CCCCC(=O)O[C@@H](CO)COC(=O)CCCCCCCC=CCCCCCC. The van der Waals surface area contributed by atoms with Crippen LogP contribution < -0.4 is 0 Å². The summed E-state index contributed by atoms with van der Waals surface area (Å²) < 4.78 is 10.5. The fourth-order valence-corrected chi connectivity index (χ4v) is 4.35. The lowest BCUT2D eigenvalue weighted by Crippen LogP contribution is -2.28. The molecule has 0 saturated carbocycles. The van der Waals surface area contributed by atoms with E-state index in [1.54, 1.807) is 0 Å². The van der Waals surface area contributed by atoms with Gasteiger partial charge in [-0.15, -0.1) is 0 Å². The molecule has 0 amide bonds. The van der Waals surface area contributed by atoms with E-state index in [0.717, 1.165) is 64.2 Å². The highest BCUT2D eigenvalue weighted by atomic mass is 16.6. The molecule has 0 aromatic rings. The minimum Gasteiger partial charge on any atom is -0.462 e. The van der Waals surface area contributed by atoms with Gasteiger partial charge in [-0.05, 0) is 77.0 Å². The molecule has 44 heavy (non-hydrogen) atoms. The fraction of sp³-hybridized carbons (Fsp3) is 0.641. The molecule has 250 valence electrons. The van der Waals surface area contributed by atoms with Gasteiger partial charge in [-0.25, -0.2) is 0 Å². The summed E-state index contributed by atoms with van der Waals surface area (Å²) in [4.78, 5) is 24.1. The van der Waals surface area contributed by atoms with E-state index in [1.807, 2.05) is 0 Å². The van der Waals surface area contributed by atoms with Crippen LogP contribution in [0, 0.1) is 0 Å². The molecule has 0 radical (unpaired) electrons. The van der Waals surface area contributed by atoms with Crippen molar-refractivity contribution in [3.63, 3.8) is 0 Å². The Hall–Kier alpha value is -2.66. The molecule has 0 aromatic carbocycles. The van der Waals surface area contributed by atoms with E-state index < -0.39 is 6.10 Å². The molecule has 1 N–H and O–H groups in total. The maximum atomic E-state index is 12.1. The van der Waals surface area contributed by atoms with E-state index in [1.165, 1.54) is 44.9 Å². The van der Waals surface area contributed by atoms with Crippen LogP contribution in [-0.2, 0) is 19.1 Å². The van der Waals surface area contributed by atoms with Crippen molar-refractivity contribution < 1.29 is 24.2 Å². The Bertz CT molecular complexity index is 833. The Balaban J connectivity index is 3.74. The highest BCUT2D eigenvalue weighted by Crippen LogP contribution is 2.10. The lowest BCUT2D eigenvalue weighted by molar-refractivity contribution is -0.161. The second kappa shape index (κ2) is 34.8. The van der Waals surface area contributed by atoms with Gasteiger partial charge in [-0.1, -0.05) is 125 Å². The lowest BCUT2D eigenvalue weighted by atomic mass is 10.1. The normalized spacial score (nSPS) is 13.1. The van der Waals surface area contributed by atoms with Crippen molar-refractivity contribution in [2.24, 2.45) is 0 Å². The predicted octanol–water partition coefficient (Wildman–Crippen LogP) is 10.6. The summed E-state index contributed by atoms with van der Waals surface area (Å²) in [5.41, 5.74) is 0. The third-order valence-electron chi connectivity index (χ3n) is 6.98. The van der Waals surface area contributed by atoms with E-state index in [2.05, 4.69) is 86.8 Å². The van der Waals surface area contributed by atoms with Crippen LogP contribution in [0.4, 0.5) is 0 Å². The molecule has 0 aliphatic rings. The Morgan fingerprint density at radius 2 is 1.00 bits per heavy atom. The van der Waals surface area contributed by atoms with Gasteiger partial charge in [-0.2, -0.15) is 0 Å². The predicted molar refractivity (Wildman–Crippen MR) is 186 cm³/mol. The first-order valence-electron chi connectivity index (χ1n) is 17.5. The molecule has 1 atom stereocenters. The number of aliphatic hydroxyl groups is 1. The Morgan fingerprint density at radius 3 is 1.57 bits per heavy atom. The molecule has 0 rings (SSSR count). The number of carbonyl (C=O) groups is 2. The monoisotopic (exact) mass is 612 g/mol. The molecule has 5 heteroatoms. The number of carbonyl (C=O) groups excluding carboxylic acids is 2. The molecule has 5 nitrogen and oxygen atoms in total. The smallest absolute Gasteiger partial charge is 0.306 e. The van der Waals surface area contributed by atoms with Gasteiger partial charge in [0.05, 0.1) is 6.61 Å². The minimum atomic E-state index is -0.806. The number of hydrogen-bond donors (Lipinski definition) is 1. The molecule has 0 aromatic heterocycles. The first kappa shape index (κ1) is 41.3. The largest absolute Gasteiger partial charge is 0.462 e. The van der Waals surface area contributed by atoms with Crippen molar-refractivity contribution in [3.8, 4) is 0 Å². The summed E-state index contributed by atoms with van der Waals surface area (Å²) in [6.45, 7) is 3.92. The van der Waals surface area contributed by atoms with Gasteiger partial charge in [0.15, 0.2) is 6.10 Å². The number of allylic oxidation sites excluding steroid dienone is 12. The van der Waals surface area contributed by atoms with Gasteiger partial charge in [0, 0.05) is 12.8 Å². The number of aliphatic hydroxyl groups excluding tert-OH is 1. The number of rotatable bonds is 30. The Labute approximate surface area is 270 Å². The van der Waals surface area contributed by atoms with Crippen LogP contribution >= 0.6 is 0 Å². The van der Waals surface area contributed by atoms with Crippen LogP contribution in [0.2, 0.25) is 0 Å². The maximum absolute atomic E-state index is 12.1. The van der Waals surface area contributed by atoms with Gasteiger partial charge in [-0.3, -0.25) is 9.59 Å². The zero-order valence-electron chi connectivity index (χ0n) is 28.1. The van der Waals surface area contributed by atoms with E-state index in [-0.39, 0.29) is 31.6 Å². The summed E-state index contributed by atoms with van der Waals surface area (Å²) in [5.74, 6) is -0.678. The minimum absolute atomic E-state index is 0.0966. The van der Waals surface area contributed by atoms with Crippen LogP contribution in [0.5, 0.6) is 0 Å². The summed E-state index contributed by atoms with van der Waals surface area (Å²) >= 11 is 0. The summed E-state index contributed by atoms with van der Waals surface area (Å²) in [7, 11) is 0. The molecule has 0 spiro atoms. The molecular weight excluding hydrogens is 548 g/mol. The summed E-state index contributed by atoms with van der Waals surface area (Å²) in [5, 5.41) is 9.51. The van der Waals surface area contributed by atoms with Gasteiger partial charge < -0.3 is 14.6 Å². The van der Waals surface area contributed by atoms with Crippen LogP contribution in [0.3, 0.4) is 0 Å². The topological polar surface area (TPSA) is 72.8 Å². The van der Waals surface area contributed by atoms with Crippen LogP contribution in [-0.4, -0.2) is 36.4 Å². The third kappa shape index (κ3) is 32.3. The summed E-state index contributed by atoms with van der Waals surface area (Å²) in [6, 6.07) is 0. The molecule has 0 unspecified atom stereocenters. The average molecular weight is 613 g/mol. The number of hydrogen-bond acceptors (Lipinski definition) is 5. The van der Waals surface area contributed by atoms with Gasteiger partial charge in [0.25, 0.3) is 0 Å². The zero-order valence-corrected chi connectivity index (χ0v) is 28.1. The molecular formula is C39H64O5. The molecule has 0 aliphatic heterocycles. The van der Waals surface area contributed by atoms with Crippen molar-refractivity contribution in [2.75, 3.05) is 13.2 Å². The Morgan fingerprint density at radius 1 is 0.545 bits per heavy atom. The van der Waals surface area contributed by atoms with Gasteiger partial charge >= 0.3 is 11.9 Å². The van der Waals surface area contributed by atoms with Crippen molar-refractivity contribution in [3.05, 3.63) is 72.9 Å². The molecule has 0 saturated heterocycles. The quantitative estimate of drug-likeness (QED) is 0.0496. The van der Waals surface area contributed by atoms with E-state index in [4.69, 9.17) is 9.47 Å². The molecule has 0 aliphatic carbocycles. The third-order valence-corrected chi connectivity index (χ3v) is 6.98. The van der Waals surface area contributed by atoms with Crippen LogP contribution in [0.15, 0.2) is 72.9 Å². The van der Waals surface area contributed by atoms with E-state index in [0.29, 0.717) is 12.8 Å². The maximum Gasteiger partial charge on any atom is 0.306 e. The number of unbranched alkanes of at least 4 members (excludes halogenated alkanes) is 10. The van der Waals surface area contributed by atoms with Crippen molar-refractivity contribution in [1.82, 2.24) is 0 Å². The van der Waals surface area contributed by atoms with Crippen molar-refractivity contribution in [1.29, 1.82) is 0 Å². The zero-order chi connectivity index (χ0) is 32.2. The first-order valence-corrected chi connectivity index (χ1v) is 17.5. The van der Waals surface area contributed by atoms with Crippen LogP contribution in [0.1, 0.15) is 142 Å². The second-order valence-corrected chi connectivity index (χ2v) is 11.2. The van der Waals surface area contributed by atoms with Crippen LogP contribution in [0.25, 0.3) is 0 Å². The number of ether oxygens (including phenoxy) is 2. The highest BCUT2D eigenvalue weighted by molar-refractivity contribution is 5.70. The number of esters is 2. The standard InChI is InChI=1S/C39H64O5/c1-3-5-7-9-11-13-15-17-18-19-20-22-24-26-28-30-32-34-39(42)44-37(35-40)36-43-38(41)33-31-29-27-25-23-21-16-14-12-10-8-6-4-2/h5,7,11,13-14,16-18,20,22,26,28,37,40H,3-4,6,8-10,12,15,19,21,23-25,27,29-36H2,1-2H3/t37-/m0/s1. The van der Waals surface area contributed by atoms with Crippen molar-refractivity contribution >= 4 is 11.9 Å². The van der Waals surface area contributed by atoms with Crippen molar-refractivity contribution in [2.45, 2.75) is 148 Å². The van der Waals surface area contributed by atoms with Gasteiger partial charge in [0.1, 0.15) is 6.61 Å². The van der Waals surface area contributed by atoms with E-state index >= 15 is 0 Å². The highest BCUT2D eigenvalue weighted by Gasteiger charge is 2.15. The second-order valence-electron chi connectivity index (χ2n) is 11.2. The van der Waals surface area contributed by atoms with Gasteiger partial charge in [0.2, 0.25) is 0 Å². The Kier molecular flexibility index (Phi) is 32.7. The molecule has 0 fully saturated rings. The average Bonchev–Trinajstić information content (AvgIpc) is 3.02. The lowest BCUT2D eigenvalue weighted by Gasteiger charge is -2.15. The van der Waals surface area contributed by atoms with E-state index in [9.17, 15) is 14.7 Å².